The fourth-order valence-electron chi connectivity index (χ4n) is 11.6. The molecule has 14 N–H and O–H groups in total. The van der Waals surface area contributed by atoms with Crippen LogP contribution in [0.2, 0.25) is 0 Å². The molecule has 4 heterocycles. The molecule has 5 aromatic rings. The van der Waals surface area contributed by atoms with Crippen LogP contribution in [0.1, 0.15) is 122 Å². The lowest BCUT2D eigenvalue weighted by atomic mass is 10.1. The Morgan fingerprint density at radius 1 is 0.521 bits per heavy atom. The van der Waals surface area contributed by atoms with E-state index in [1.54, 1.807) is 47.3 Å². The van der Waals surface area contributed by atoms with Crippen LogP contribution in [0.15, 0.2) is 85.1 Å². The van der Waals surface area contributed by atoms with E-state index >= 15 is 0 Å². The van der Waals surface area contributed by atoms with Crippen molar-refractivity contribution in [1.82, 2.24) is 72.0 Å². The molecule has 0 bridgehead atoms. The number of hydrogen-bond acceptors (Lipinski definition) is 27. The number of amides is 7. The maximum Gasteiger partial charge on any atom is 0.373 e. The van der Waals surface area contributed by atoms with Crippen molar-refractivity contribution in [3.63, 3.8) is 0 Å². The first-order valence-electron chi connectivity index (χ1n) is 39.8. The van der Waals surface area contributed by atoms with Crippen molar-refractivity contribution in [3.8, 4) is 17.0 Å². The van der Waals surface area contributed by atoms with Gasteiger partial charge in [-0.2, -0.15) is 9.59 Å². The Morgan fingerprint density at radius 2 is 1.06 bits per heavy atom. The van der Waals surface area contributed by atoms with Gasteiger partial charge in [0.25, 0.3) is 0 Å². The van der Waals surface area contributed by atoms with E-state index in [-0.39, 0.29) is 115 Å². The third-order valence-corrected chi connectivity index (χ3v) is 18.0. The van der Waals surface area contributed by atoms with Crippen LogP contribution in [0.25, 0.3) is 11.3 Å². The zero-order chi connectivity index (χ0) is 87.6. The van der Waals surface area contributed by atoms with E-state index in [0.717, 1.165) is 5.56 Å². The molecule has 3 aromatic heterocycles. The van der Waals surface area contributed by atoms with Gasteiger partial charge in [-0.05, 0) is 118 Å². The van der Waals surface area contributed by atoms with Gasteiger partial charge in [0.05, 0.1) is 123 Å². The van der Waals surface area contributed by atoms with Gasteiger partial charge in [-0.15, -0.1) is 5.10 Å². The molecule has 3 atom stereocenters. The Morgan fingerprint density at radius 3 is 1.65 bits per heavy atom. The molecule has 3 unspecified atom stereocenters. The van der Waals surface area contributed by atoms with E-state index in [2.05, 4.69) is 77.9 Å². The van der Waals surface area contributed by atoms with Crippen molar-refractivity contribution in [2.24, 2.45) is 0 Å². The van der Waals surface area contributed by atoms with Gasteiger partial charge < -0.3 is 111 Å². The molecule has 1 fully saturated rings. The molecule has 1 aliphatic heterocycles. The number of carbonyl (C=O) groups excluding carboxylic acids is 7. The number of nitrogens with zero attached hydrogens (tertiary/aromatic N) is 7. The molecule has 42 heteroatoms. The average Bonchev–Trinajstić information content (AvgIpc) is 1.38. The second-order valence-corrected chi connectivity index (χ2v) is 27.7. The molecular weight excluding hydrogens is 1610 g/mol. The summed E-state index contributed by atoms with van der Waals surface area (Å²) in [6.07, 6.45) is 5.51. The number of hydrogen-bond donors (Lipinski definition) is 14. The third-order valence-electron chi connectivity index (χ3n) is 17.8. The smallest absolute Gasteiger partial charge is 0.373 e. The van der Waals surface area contributed by atoms with Gasteiger partial charge in [-0.25, -0.2) is 43.4 Å². The van der Waals surface area contributed by atoms with Crippen molar-refractivity contribution < 1.29 is 121 Å². The maximum atomic E-state index is 13.7. The van der Waals surface area contributed by atoms with Gasteiger partial charge in [0, 0.05) is 121 Å². The largest absolute Gasteiger partial charge is 0.493 e. The van der Waals surface area contributed by atoms with E-state index in [9.17, 15) is 68.4 Å². The van der Waals surface area contributed by atoms with Crippen molar-refractivity contribution in [3.05, 3.63) is 113 Å². The van der Waals surface area contributed by atoms with Crippen LogP contribution in [0.3, 0.4) is 0 Å². The predicted octanol–water partition coefficient (Wildman–Crippen LogP) is 3.42. The Bertz CT molecular complexity index is 4010. The lowest BCUT2D eigenvalue weighted by molar-refractivity contribution is -0.192. The van der Waals surface area contributed by atoms with Crippen LogP contribution < -0.4 is 52.6 Å². The number of urea groups is 2. The number of rotatable bonds is 50. The number of carbonyl (C=O) groups is 10. The molecule has 6 rings (SSSR count). The third kappa shape index (κ3) is 45.6. The average molecular weight is 1720 g/mol. The number of pyridine rings is 2. The second-order valence-electron chi connectivity index (χ2n) is 27.3. The fourth-order valence-corrected chi connectivity index (χ4v) is 11.8. The number of benzene rings is 2. The Hall–Kier alpha value is -11.3. The van der Waals surface area contributed by atoms with Crippen LogP contribution in [-0.2, 0) is 97.6 Å². The lowest BCUT2D eigenvalue weighted by Crippen LogP contribution is -2.51. The van der Waals surface area contributed by atoms with Crippen LogP contribution in [0, 0.1) is 0 Å². The molecule has 41 nitrogen and oxygen atoms in total. The first-order chi connectivity index (χ1) is 58.5. The molecule has 0 radical (unpaired) electrons. The Kier molecular flexibility index (Phi) is 49.9. The number of aromatic nitrogens is 5. The zero-order valence-electron chi connectivity index (χ0n) is 67.8. The van der Waals surface area contributed by atoms with E-state index in [1.165, 1.54) is 19.1 Å². The number of anilines is 2. The van der Waals surface area contributed by atoms with E-state index in [1.807, 2.05) is 30.3 Å². The fraction of sp³-hybridized carbons (Fsp3) is 0.544. The summed E-state index contributed by atoms with van der Waals surface area (Å²) >= 11 is 5.59. The highest BCUT2D eigenvalue weighted by Gasteiger charge is 2.27. The summed E-state index contributed by atoms with van der Waals surface area (Å²) in [6.45, 7) is 10.1. The number of aromatic carboxylic acids is 2. The highest BCUT2D eigenvalue weighted by molar-refractivity contribution is 7.80. The molecule has 1 saturated heterocycles. The SMILES string of the molecule is CC(=O)NCCCCC(NC(=O)C(CCCCNC(=S)Nc1ccc(CCOc2cc(CN3CCOCCOCCN(Cc4cccc(C(=O)O)n4)CCOCCOCC3)nc(C(=O)O)c2)cc1)NC(=O)CCOCCOCCOCCn1cc(-c2cccc(NC(=O)NCCCCC(NC(=O)NCCCC(=O)O)C(=O)O)c2)nn1)C(=O)O.O=C=O. The number of carboxylic acid groups (broad SMARTS) is 5. The number of unbranched alkanes of at least 4 members (excludes halogenated alkanes) is 3. The topological polar surface area (TPSA) is 551 Å². The molecule has 0 saturated carbocycles. The number of ether oxygens (including phenoxy) is 8. The molecular formula is C79H112N16O25S. The highest BCUT2D eigenvalue weighted by atomic mass is 32.1. The highest BCUT2D eigenvalue weighted by Crippen LogP contribution is 2.22. The minimum atomic E-state index is -1.24. The first-order valence-corrected chi connectivity index (χ1v) is 40.2. The number of carboxylic acids is 5. The van der Waals surface area contributed by atoms with Crippen LogP contribution in [0.4, 0.5) is 21.0 Å². The van der Waals surface area contributed by atoms with Gasteiger partial charge in [0.1, 0.15) is 35.3 Å². The normalized spacial score (nSPS) is 13.9. The van der Waals surface area contributed by atoms with Gasteiger partial charge >= 0.3 is 48.1 Å². The van der Waals surface area contributed by atoms with Crippen molar-refractivity contribution in [1.29, 1.82) is 0 Å². The quantitative estimate of drug-likeness (QED) is 0.0196. The van der Waals surface area contributed by atoms with E-state index < -0.39 is 71.8 Å². The van der Waals surface area contributed by atoms with Gasteiger partial charge in [-0.1, -0.05) is 35.5 Å². The van der Waals surface area contributed by atoms with Crippen molar-refractivity contribution in [2.75, 3.05) is 162 Å². The minimum Gasteiger partial charge on any atom is -0.493 e. The summed E-state index contributed by atoms with van der Waals surface area (Å²) in [6, 6.07) is 17.9. The van der Waals surface area contributed by atoms with Crippen LogP contribution in [0.5, 0.6) is 5.75 Å². The van der Waals surface area contributed by atoms with Crippen molar-refractivity contribution in [2.45, 2.75) is 128 Å². The molecule has 121 heavy (non-hydrogen) atoms. The Balaban J connectivity index is 0.00000855. The van der Waals surface area contributed by atoms with E-state index in [0.29, 0.717) is 208 Å². The van der Waals surface area contributed by atoms with Gasteiger partial charge in [-0.3, -0.25) is 29.0 Å². The number of thiocarbonyl (C=S) groups is 1. The minimum absolute atomic E-state index is 0.0111. The Labute approximate surface area is 705 Å². The van der Waals surface area contributed by atoms with Gasteiger partial charge in [0.2, 0.25) is 17.7 Å². The summed E-state index contributed by atoms with van der Waals surface area (Å²) < 4.78 is 48.3. The molecule has 0 aliphatic carbocycles. The standard InChI is InChI=1S/C78H112N16O23S.CO2/c1-55(95)79-25-5-3-15-65(73(102)103)88-71(99)63(87-69(96)24-34-110-41-47-116-48-46-115-40-33-94-54-68(90-91-94)57-11-8-12-59(49-57)85-76(108)80-26-6-4-16-66(74(104)105)89-77(109)81-28-10-18-70(97)98)14-2-7-27-82-78(118)86-58-21-19-56(20-22-58)23-35-117-62-50-61(84-67(51-62)75(106)107)53-93-31-38-113-44-42-111-36-29-92(30-37-112-43-45-114-39-32-93)52-60-13-9-17-64(83-60)72(100)101;2-1-3/h8-9,11-13,17,19-22,49-51,54,63,65-66H,2-7,10,14-16,18,23-48,52-53H2,1H3,(H,79,95)(H,87,96)(H,88,99)(H,97,98)(H,100,101)(H,102,103)(H,104,105)(H,106,107)(H2,80,85,108)(H2,81,89,109)(H2,82,86,118);. The summed E-state index contributed by atoms with van der Waals surface area (Å²) in [4.78, 5) is 150. The number of nitrogens with one attached hydrogen (secondary N) is 9. The summed E-state index contributed by atoms with van der Waals surface area (Å²) in [5, 5.41) is 81.0. The lowest BCUT2D eigenvalue weighted by Gasteiger charge is -2.23. The van der Waals surface area contributed by atoms with Crippen LogP contribution >= 0.6 is 12.2 Å². The summed E-state index contributed by atoms with van der Waals surface area (Å²) in [7, 11) is 0. The summed E-state index contributed by atoms with van der Waals surface area (Å²) in [5.41, 5.74) is 4.32. The summed E-state index contributed by atoms with van der Waals surface area (Å²) in [5.74, 6) is -6.76. The van der Waals surface area contributed by atoms with Crippen LogP contribution in [-0.4, -0.2) is 301 Å². The molecule has 664 valence electrons. The maximum absolute atomic E-state index is 13.7. The number of aliphatic carboxylic acids is 3. The monoisotopic (exact) mass is 1720 g/mol. The predicted molar refractivity (Wildman–Crippen MR) is 437 cm³/mol. The van der Waals surface area contributed by atoms with Crippen molar-refractivity contribution >= 4 is 94.5 Å². The molecule has 2 aromatic carbocycles. The van der Waals surface area contributed by atoms with Gasteiger partial charge in [0.15, 0.2) is 10.8 Å². The second kappa shape index (κ2) is 60.2. The van der Waals surface area contributed by atoms with E-state index in [4.69, 9.17) is 64.8 Å². The zero-order valence-corrected chi connectivity index (χ0v) is 68.6. The molecule has 0 spiro atoms. The molecule has 1 aliphatic rings. The molecule has 7 amide bonds. The first kappa shape index (κ1) is 100.